The molecule has 1 aliphatic heterocycles. The van der Waals surface area contributed by atoms with Crippen molar-refractivity contribution in [1.82, 2.24) is 14.7 Å². The van der Waals surface area contributed by atoms with Crippen LogP contribution >= 0.6 is 11.6 Å². The number of aryl methyl sites for hydroxylation is 1. The second kappa shape index (κ2) is 10.8. The largest absolute Gasteiger partial charge is 0.369 e. The van der Waals surface area contributed by atoms with Gasteiger partial charge in [0.2, 0.25) is 5.91 Å². The van der Waals surface area contributed by atoms with Gasteiger partial charge in [-0.25, -0.2) is 4.68 Å². The molecule has 3 aromatic rings. The molecule has 0 bridgehead atoms. The lowest BCUT2D eigenvalue weighted by Crippen LogP contribution is -2.39. The SMILES string of the molecule is Cc1nn(Cc2ccccc2)c(Cl)c1C(=O)Nc1ccc(CCN2CCC(C(N)=O)CC2)cc1. The van der Waals surface area contributed by atoms with E-state index >= 15 is 0 Å². The van der Waals surface area contributed by atoms with Gasteiger partial charge < -0.3 is 16.0 Å². The topological polar surface area (TPSA) is 93.2 Å². The molecule has 34 heavy (non-hydrogen) atoms. The van der Waals surface area contributed by atoms with Crippen LogP contribution in [-0.2, 0) is 17.8 Å². The van der Waals surface area contributed by atoms with Crippen molar-refractivity contribution >= 4 is 29.1 Å². The van der Waals surface area contributed by atoms with Crippen LogP contribution in [0.5, 0.6) is 0 Å². The van der Waals surface area contributed by atoms with E-state index < -0.39 is 0 Å². The van der Waals surface area contributed by atoms with Crippen LogP contribution in [0.15, 0.2) is 54.6 Å². The summed E-state index contributed by atoms with van der Waals surface area (Å²) in [5.41, 5.74) is 9.36. The van der Waals surface area contributed by atoms with Crippen molar-refractivity contribution < 1.29 is 9.59 Å². The molecule has 0 radical (unpaired) electrons. The maximum absolute atomic E-state index is 12.9. The smallest absolute Gasteiger partial charge is 0.260 e. The van der Waals surface area contributed by atoms with Crippen molar-refractivity contribution in [3.05, 3.63) is 82.1 Å². The highest BCUT2D eigenvalue weighted by Gasteiger charge is 2.23. The average Bonchev–Trinajstić information content (AvgIpc) is 3.12. The summed E-state index contributed by atoms with van der Waals surface area (Å²) in [7, 11) is 0. The molecule has 2 heterocycles. The molecule has 1 saturated heterocycles. The zero-order chi connectivity index (χ0) is 24.1. The number of carbonyl (C=O) groups excluding carboxylic acids is 2. The fourth-order valence-corrected chi connectivity index (χ4v) is 4.67. The standard InChI is InChI=1S/C26H30ClN5O2/c1-18-23(24(27)32(30-18)17-20-5-3-2-4-6-20)26(34)29-22-9-7-19(8-10-22)11-14-31-15-12-21(13-16-31)25(28)33/h2-10,21H,11-17H2,1H3,(H2,28,33)(H,29,34). The van der Waals surface area contributed by atoms with E-state index in [1.807, 2.05) is 54.6 Å². The van der Waals surface area contributed by atoms with Crippen molar-refractivity contribution in [2.75, 3.05) is 25.0 Å². The Kier molecular flexibility index (Phi) is 7.65. The fraction of sp³-hybridized carbons (Fsp3) is 0.346. The number of halogens is 1. The molecular formula is C26H30ClN5O2. The first-order valence-electron chi connectivity index (χ1n) is 11.6. The Hall–Kier alpha value is -3.16. The number of hydrogen-bond donors (Lipinski definition) is 2. The Morgan fingerprint density at radius 3 is 2.38 bits per heavy atom. The summed E-state index contributed by atoms with van der Waals surface area (Å²) in [6.07, 6.45) is 2.58. The normalized spacial score (nSPS) is 14.8. The first kappa shape index (κ1) is 24.0. The van der Waals surface area contributed by atoms with E-state index in [-0.39, 0.29) is 17.7 Å². The molecule has 7 nitrogen and oxygen atoms in total. The van der Waals surface area contributed by atoms with Gasteiger partial charge in [0.05, 0.1) is 17.8 Å². The Morgan fingerprint density at radius 1 is 1.06 bits per heavy atom. The second-order valence-electron chi connectivity index (χ2n) is 8.81. The number of aromatic nitrogens is 2. The lowest BCUT2D eigenvalue weighted by Gasteiger charge is -2.30. The third-order valence-corrected chi connectivity index (χ3v) is 6.77. The quantitative estimate of drug-likeness (QED) is 0.512. The Labute approximate surface area is 204 Å². The van der Waals surface area contributed by atoms with Crippen LogP contribution in [0.4, 0.5) is 5.69 Å². The van der Waals surface area contributed by atoms with Gasteiger partial charge in [0.1, 0.15) is 5.15 Å². The molecule has 1 fully saturated rings. The van der Waals surface area contributed by atoms with Crippen molar-refractivity contribution in [3.8, 4) is 0 Å². The number of likely N-dealkylation sites (tertiary alicyclic amines) is 1. The number of nitrogens with one attached hydrogen (secondary N) is 1. The summed E-state index contributed by atoms with van der Waals surface area (Å²) in [4.78, 5) is 26.6. The van der Waals surface area contributed by atoms with Crippen molar-refractivity contribution in [3.63, 3.8) is 0 Å². The maximum atomic E-state index is 12.9. The van der Waals surface area contributed by atoms with Crippen LogP contribution in [-0.4, -0.2) is 46.1 Å². The highest BCUT2D eigenvalue weighted by Crippen LogP contribution is 2.23. The highest BCUT2D eigenvalue weighted by atomic mass is 35.5. The lowest BCUT2D eigenvalue weighted by atomic mass is 9.96. The minimum Gasteiger partial charge on any atom is -0.369 e. The number of benzene rings is 2. The van der Waals surface area contributed by atoms with Gasteiger partial charge in [0, 0.05) is 18.2 Å². The number of primary amides is 1. The van der Waals surface area contributed by atoms with Gasteiger partial charge in [0.15, 0.2) is 0 Å². The van der Waals surface area contributed by atoms with Gasteiger partial charge in [-0.15, -0.1) is 0 Å². The number of amides is 2. The molecule has 4 rings (SSSR count). The number of piperidine rings is 1. The Balaban J connectivity index is 1.32. The summed E-state index contributed by atoms with van der Waals surface area (Å²) in [6.45, 7) is 5.03. The van der Waals surface area contributed by atoms with Crippen LogP contribution in [0.3, 0.4) is 0 Å². The van der Waals surface area contributed by atoms with Gasteiger partial charge >= 0.3 is 0 Å². The number of nitrogens with zero attached hydrogens (tertiary/aromatic N) is 3. The first-order valence-corrected chi connectivity index (χ1v) is 12.0. The molecule has 2 amide bonds. The maximum Gasteiger partial charge on any atom is 0.260 e. The minimum absolute atomic E-state index is 0.0155. The van der Waals surface area contributed by atoms with Crippen LogP contribution < -0.4 is 11.1 Å². The van der Waals surface area contributed by atoms with E-state index in [2.05, 4.69) is 15.3 Å². The van der Waals surface area contributed by atoms with Crippen molar-refractivity contribution in [2.45, 2.75) is 32.7 Å². The highest BCUT2D eigenvalue weighted by molar-refractivity contribution is 6.33. The zero-order valence-electron chi connectivity index (χ0n) is 19.3. The molecule has 0 aliphatic carbocycles. The van der Waals surface area contributed by atoms with E-state index in [1.165, 1.54) is 5.56 Å². The monoisotopic (exact) mass is 479 g/mol. The van der Waals surface area contributed by atoms with Crippen molar-refractivity contribution in [2.24, 2.45) is 11.7 Å². The number of nitrogens with two attached hydrogens (primary N) is 1. The third-order valence-electron chi connectivity index (χ3n) is 6.39. The predicted octanol–water partition coefficient (Wildman–Crippen LogP) is 3.89. The molecule has 0 atom stereocenters. The summed E-state index contributed by atoms with van der Waals surface area (Å²) in [6, 6.07) is 17.7. The lowest BCUT2D eigenvalue weighted by molar-refractivity contribution is -0.123. The van der Waals surface area contributed by atoms with Gasteiger partial charge in [0.25, 0.3) is 5.91 Å². The molecule has 0 saturated carbocycles. The molecule has 8 heteroatoms. The van der Waals surface area contributed by atoms with Gasteiger partial charge in [-0.05, 0) is 62.5 Å². The Bertz CT molecular complexity index is 1140. The van der Waals surface area contributed by atoms with E-state index in [4.69, 9.17) is 17.3 Å². The Morgan fingerprint density at radius 2 is 1.74 bits per heavy atom. The predicted molar refractivity (Wildman–Crippen MR) is 134 cm³/mol. The second-order valence-corrected chi connectivity index (χ2v) is 9.17. The van der Waals surface area contributed by atoms with Crippen LogP contribution in [0, 0.1) is 12.8 Å². The van der Waals surface area contributed by atoms with Crippen LogP contribution in [0.2, 0.25) is 5.15 Å². The minimum atomic E-state index is -0.271. The molecule has 3 N–H and O–H groups in total. The number of hydrogen-bond acceptors (Lipinski definition) is 4. The van der Waals surface area contributed by atoms with E-state index in [9.17, 15) is 9.59 Å². The summed E-state index contributed by atoms with van der Waals surface area (Å²) >= 11 is 6.52. The van der Waals surface area contributed by atoms with Crippen LogP contribution in [0.25, 0.3) is 0 Å². The molecule has 0 spiro atoms. The van der Waals surface area contributed by atoms with Crippen molar-refractivity contribution in [1.29, 1.82) is 0 Å². The number of rotatable bonds is 8. The molecular weight excluding hydrogens is 450 g/mol. The van der Waals surface area contributed by atoms with Gasteiger partial charge in [-0.1, -0.05) is 54.1 Å². The average molecular weight is 480 g/mol. The first-order chi connectivity index (χ1) is 16.4. The molecule has 1 aromatic heterocycles. The van der Waals surface area contributed by atoms with E-state index in [0.29, 0.717) is 28.6 Å². The number of anilines is 1. The molecule has 1 aliphatic rings. The summed E-state index contributed by atoms with van der Waals surface area (Å²) in [5, 5.41) is 7.72. The van der Waals surface area contributed by atoms with E-state index in [1.54, 1.807) is 11.6 Å². The summed E-state index contributed by atoms with van der Waals surface area (Å²) < 4.78 is 1.65. The fourth-order valence-electron chi connectivity index (χ4n) is 4.35. The zero-order valence-corrected chi connectivity index (χ0v) is 20.1. The summed E-state index contributed by atoms with van der Waals surface area (Å²) in [5.74, 6) is -0.439. The molecule has 2 aromatic carbocycles. The third kappa shape index (κ3) is 5.85. The van der Waals surface area contributed by atoms with Gasteiger partial charge in [-0.3, -0.25) is 9.59 Å². The van der Waals surface area contributed by atoms with Crippen LogP contribution in [0.1, 0.15) is 40.0 Å². The molecule has 0 unspecified atom stereocenters. The molecule has 178 valence electrons. The number of carbonyl (C=O) groups is 2. The van der Waals surface area contributed by atoms with E-state index in [0.717, 1.165) is 44.5 Å². The van der Waals surface area contributed by atoms with Gasteiger partial charge in [-0.2, -0.15) is 5.10 Å².